The second-order valence-electron chi connectivity index (χ2n) is 19.5. The van der Waals surface area contributed by atoms with Crippen molar-refractivity contribution in [1.29, 1.82) is 0 Å². The van der Waals surface area contributed by atoms with Crippen LogP contribution >= 0.6 is 0 Å². The molecule has 0 aromatic heterocycles. The Balaban J connectivity index is 1.38. The third-order valence-corrected chi connectivity index (χ3v) is 16.4. The number of allylic oxidation sites excluding steroid dienone is 1. The topological polar surface area (TPSA) is 231 Å². The number of piperidine rings is 2. The van der Waals surface area contributed by atoms with Gasteiger partial charge in [-0.15, -0.1) is 0 Å². The van der Waals surface area contributed by atoms with Gasteiger partial charge in [-0.1, -0.05) is 12.5 Å². The van der Waals surface area contributed by atoms with E-state index in [0.29, 0.717) is 43.8 Å². The molecule has 0 radical (unpaired) electrons. The molecule has 7 aliphatic rings. The van der Waals surface area contributed by atoms with Crippen molar-refractivity contribution in [2.45, 2.75) is 152 Å². The molecule has 2 saturated carbocycles. The Hall–Kier alpha value is -1.56. The lowest BCUT2D eigenvalue weighted by Crippen LogP contribution is -2.71. The van der Waals surface area contributed by atoms with Gasteiger partial charge in [0, 0.05) is 30.4 Å². The number of aliphatic hydroxyl groups is 4. The molecule has 0 aromatic carbocycles. The van der Waals surface area contributed by atoms with Crippen molar-refractivity contribution in [3.63, 3.8) is 0 Å². The molecule has 19 atom stereocenters. The molecule has 2 bridgehead atoms. The lowest BCUT2D eigenvalue weighted by Gasteiger charge is -2.63. The van der Waals surface area contributed by atoms with Gasteiger partial charge in [0.05, 0.1) is 55.4 Å². The molecule has 7 fully saturated rings. The van der Waals surface area contributed by atoms with Crippen LogP contribution in [-0.4, -0.2) is 127 Å². The quantitative estimate of drug-likeness (QED) is 0.106. The molecule has 11 N–H and O–H groups in total. The van der Waals surface area contributed by atoms with Gasteiger partial charge < -0.3 is 62.1 Å². The van der Waals surface area contributed by atoms with Crippen LogP contribution in [0.4, 0.5) is 0 Å². The Bertz CT molecular complexity index is 1430. The minimum Gasteiger partial charge on any atom is -0.456 e. The monoisotopic (exact) mass is 818 g/mol. The molecule has 0 amide bonds. The van der Waals surface area contributed by atoms with Crippen LogP contribution in [-0.2, 0) is 23.8 Å². The van der Waals surface area contributed by atoms with Gasteiger partial charge in [-0.05, 0) is 153 Å². The molecule has 0 aromatic rings. The number of ketones is 1. The van der Waals surface area contributed by atoms with Crippen LogP contribution in [0.5, 0.6) is 0 Å². The number of hydrogen-bond acceptors (Lipinski definition) is 14. The number of nitrogens with one attached hydrogen (secondary N) is 3. The Morgan fingerprint density at radius 3 is 2.53 bits per heavy atom. The highest BCUT2D eigenvalue weighted by molar-refractivity contribution is 5.88. The SMILES string of the molecule is CC=C(CCNC)C(=O)O[C@H]1CC2C(O)C3C(=O)CC(CO)OC3C3C2O[C@@]1(C)[C@H](CC1CCC(N)NC1)CCC1C(N)NCCC1C3[C@H](CO)C1CCCC(O)C1. The number of carbonyl (C=O) groups excluding carboxylic acids is 2. The minimum atomic E-state index is -1.13. The summed E-state index contributed by atoms with van der Waals surface area (Å²) in [5, 5.41) is 55.8. The summed E-state index contributed by atoms with van der Waals surface area (Å²) in [5.74, 6) is -2.55. The lowest BCUT2D eigenvalue weighted by atomic mass is 9.51. The zero-order valence-corrected chi connectivity index (χ0v) is 35.2. The molecular formula is C44H75N5O9. The van der Waals surface area contributed by atoms with E-state index < -0.39 is 65.9 Å². The third kappa shape index (κ3) is 8.86. The molecule has 7 rings (SSSR count). The van der Waals surface area contributed by atoms with E-state index in [0.717, 1.165) is 64.3 Å². The number of Topliss-reactive ketones (excluding diaryl/α,β-unsaturated/α-hetero) is 1. The van der Waals surface area contributed by atoms with E-state index >= 15 is 0 Å². The van der Waals surface area contributed by atoms with E-state index in [1.807, 2.05) is 14.0 Å². The van der Waals surface area contributed by atoms with Gasteiger partial charge in [0.2, 0.25) is 0 Å². The molecule has 58 heavy (non-hydrogen) atoms. The number of rotatable bonds is 11. The first-order valence-corrected chi connectivity index (χ1v) is 22.8. The van der Waals surface area contributed by atoms with Crippen LogP contribution < -0.4 is 27.4 Å². The number of ether oxygens (including phenoxy) is 3. The van der Waals surface area contributed by atoms with Gasteiger partial charge in [-0.25, -0.2) is 4.79 Å². The van der Waals surface area contributed by atoms with Crippen molar-refractivity contribution in [1.82, 2.24) is 16.0 Å². The Kier molecular flexibility index (Phi) is 14.8. The normalized spacial score (nSPS) is 46.7. The van der Waals surface area contributed by atoms with Gasteiger partial charge in [0.1, 0.15) is 17.5 Å². The van der Waals surface area contributed by atoms with Gasteiger partial charge in [-0.2, -0.15) is 0 Å². The molecule has 14 heteroatoms. The number of carbonyl (C=O) groups is 2. The summed E-state index contributed by atoms with van der Waals surface area (Å²) < 4.78 is 21.2. The summed E-state index contributed by atoms with van der Waals surface area (Å²) >= 11 is 0. The first-order valence-electron chi connectivity index (χ1n) is 22.8. The van der Waals surface area contributed by atoms with Gasteiger partial charge in [0.25, 0.3) is 0 Å². The van der Waals surface area contributed by atoms with Crippen molar-refractivity contribution < 1.29 is 44.2 Å². The smallest absolute Gasteiger partial charge is 0.334 e. The standard InChI is InChI=1S/C44H75N5O9/c1-4-24(12-14-47-3)43(55)57-34-19-31-39(54)37-33(53)18-28(21-50)56-41(37)38-36(32(22-51)25-6-5-7-27(52)17-25)29-13-15-48-42(46)30(29)10-9-26(44(34,2)58-40(31)38)16-23-8-11-35(45)49-20-23/h4,23,25-32,34-42,47-52,54H,5-22,45-46H2,1-3H3/t23?,25?,26-,27?,28?,29?,30?,31?,32+,34-,35?,36?,37?,38?,39?,40?,41?,42?,44-/m0/s1. The number of aliphatic hydroxyl groups excluding tert-OH is 4. The number of esters is 1. The van der Waals surface area contributed by atoms with Crippen molar-refractivity contribution in [3.05, 3.63) is 11.6 Å². The number of nitrogens with two attached hydrogens (primary N) is 2. The fraction of sp³-hybridized carbons (Fsp3) is 0.909. The third-order valence-electron chi connectivity index (χ3n) is 16.4. The fourth-order valence-electron chi connectivity index (χ4n) is 13.3. The molecule has 2 aliphatic carbocycles. The number of hydrogen-bond donors (Lipinski definition) is 9. The zero-order valence-electron chi connectivity index (χ0n) is 35.2. The second-order valence-corrected chi connectivity index (χ2v) is 19.5. The summed E-state index contributed by atoms with van der Waals surface area (Å²) in [6, 6.07) is 0. The van der Waals surface area contributed by atoms with Gasteiger partial charge in [-0.3, -0.25) is 4.79 Å². The highest BCUT2D eigenvalue weighted by Crippen LogP contribution is 2.59. The first kappa shape index (κ1) is 44.5. The van der Waals surface area contributed by atoms with Gasteiger partial charge >= 0.3 is 5.97 Å². The summed E-state index contributed by atoms with van der Waals surface area (Å²) in [6.07, 6.45) is 5.93. The molecule has 5 saturated heterocycles. The zero-order chi connectivity index (χ0) is 41.3. The van der Waals surface area contributed by atoms with Crippen LogP contribution in [0.15, 0.2) is 11.6 Å². The fourth-order valence-corrected chi connectivity index (χ4v) is 13.3. The minimum absolute atomic E-state index is 0.00312. The van der Waals surface area contributed by atoms with Crippen LogP contribution in [0.25, 0.3) is 0 Å². The highest BCUT2D eigenvalue weighted by atomic mass is 16.6. The van der Waals surface area contributed by atoms with Crippen molar-refractivity contribution in [3.8, 4) is 0 Å². The molecule has 15 unspecified atom stereocenters. The highest BCUT2D eigenvalue weighted by Gasteiger charge is 2.66. The summed E-state index contributed by atoms with van der Waals surface area (Å²) in [7, 11) is 1.85. The van der Waals surface area contributed by atoms with E-state index in [2.05, 4.69) is 22.9 Å². The Labute approximate surface area is 345 Å². The maximum absolute atomic E-state index is 14.3. The van der Waals surface area contributed by atoms with Crippen LogP contribution in [0.1, 0.15) is 97.3 Å². The van der Waals surface area contributed by atoms with Crippen LogP contribution in [0.2, 0.25) is 0 Å². The maximum Gasteiger partial charge on any atom is 0.334 e. The number of fused-ring (bicyclic) bond motifs is 4. The van der Waals surface area contributed by atoms with Crippen LogP contribution in [0.3, 0.4) is 0 Å². The molecule has 0 spiro atoms. The van der Waals surface area contributed by atoms with Crippen molar-refractivity contribution >= 4 is 11.8 Å². The average molecular weight is 818 g/mol. The molecule has 330 valence electrons. The molecule has 5 aliphatic heterocycles. The summed E-state index contributed by atoms with van der Waals surface area (Å²) in [5.41, 5.74) is 13.0. The van der Waals surface area contributed by atoms with Gasteiger partial charge in [0.15, 0.2) is 0 Å². The van der Waals surface area contributed by atoms with E-state index in [9.17, 15) is 30.0 Å². The molecule has 14 nitrogen and oxygen atoms in total. The van der Waals surface area contributed by atoms with E-state index in [-0.39, 0.29) is 73.3 Å². The second kappa shape index (κ2) is 19.2. The largest absolute Gasteiger partial charge is 0.456 e. The summed E-state index contributed by atoms with van der Waals surface area (Å²) in [4.78, 5) is 28.4. The maximum atomic E-state index is 14.3. The molecule has 5 heterocycles. The van der Waals surface area contributed by atoms with E-state index in [4.69, 9.17) is 25.7 Å². The summed E-state index contributed by atoms with van der Waals surface area (Å²) in [6.45, 7) is 5.61. The molecular weight excluding hydrogens is 743 g/mol. The predicted molar refractivity (Wildman–Crippen MR) is 218 cm³/mol. The van der Waals surface area contributed by atoms with E-state index in [1.54, 1.807) is 6.08 Å². The first-order chi connectivity index (χ1) is 27.9. The van der Waals surface area contributed by atoms with Crippen molar-refractivity contribution in [2.24, 2.45) is 70.6 Å². The van der Waals surface area contributed by atoms with Crippen LogP contribution in [0, 0.1) is 59.2 Å². The Morgan fingerprint density at radius 1 is 1.03 bits per heavy atom. The average Bonchev–Trinajstić information content (AvgIpc) is 3.20. The van der Waals surface area contributed by atoms with E-state index in [1.165, 1.54) is 0 Å². The van der Waals surface area contributed by atoms with Crippen molar-refractivity contribution in [2.75, 3.05) is 39.9 Å². The lowest BCUT2D eigenvalue weighted by molar-refractivity contribution is -0.309. The Morgan fingerprint density at radius 2 is 1.84 bits per heavy atom. The predicted octanol–water partition coefficient (Wildman–Crippen LogP) is 1.31.